The van der Waals surface area contributed by atoms with Gasteiger partial charge in [-0.2, -0.15) is 10.2 Å². The van der Waals surface area contributed by atoms with Gasteiger partial charge in [-0.3, -0.25) is 24.6 Å². The number of carbonyl (C=O) groups is 1. The molecule has 0 saturated heterocycles. The normalized spacial score (nSPS) is 11.1. The third-order valence-electron chi connectivity index (χ3n) is 11.3. The molecule has 0 aliphatic heterocycles. The number of aromatic nitrogens is 6. The van der Waals surface area contributed by atoms with Crippen LogP contribution in [0.3, 0.4) is 0 Å². The Morgan fingerprint density at radius 3 is 1.57 bits per heavy atom. The number of aldehydes is 1. The quantitative estimate of drug-likeness (QED) is 0.0402. The fraction of sp³-hybridized carbons (Fsp3) is 0.135. The topological polar surface area (TPSA) is 178 Å². The van der Waals surface area contributed by atoms with E-state index in [9.17, 15) is 23.2 Å². The second-order valence-corrected chi connectivity index (χ2v) is 15.6. The van der Waals surface area contributed by atoms with Crippen molar-refractivity contribution in [2.75, 3.05) is 13.1 Å². The van der Waals surface area contributed by atoms with Crippen LogP contribution >= 0.6 is 0 Å². The molecule has 0 spiro atoms. The van der Waals surface area contributed by atoms with Crippen LogP contribution in [0.5, 0.6) is 0 Å². The largest absolute Gasteiger partial charge is 0.330 e. The number of nitrogens with zero attached hydrogens (tertiary/aromatic N) is 2. The summed E-state index contributed by atoms with van der Waals surface area (Å²) in [6, 6.07) is 32.6. The van der Waals surface area contributed by atoms with Gasteiger partial charge in [0.05, 0.1) is 23.2 Å². The predicted octanol–water partition coefficient (Wildman–Crippen LogP) is 9.53. The first-order valence-corrected chi connectivity index (χ1v) is 21.3. The Morgan fingerprint density at radius 2 is 1.09 bits per heavy atom. The standard InChI is InChI=1S/C26H23FN4O.C19H18N4O.C7H5FO/c27-22-6-3-17(4-7-22)14-28-10-1-2-19-12-20-9-11-29-26(32)25(20)24-13-18(5-8-23(19)24)21-15-30-31-16-21;20-6-1-2-13-8-14-5-7-21-19(24)18(14)17-9-12(3-4-16(13)17)15-10-22-23-11-15;8-7-3-1-6(5-9)2-4-7/h3-9,11-13,15-16,28H,1-2,10,14H2,(H,29,32)(H,30,31);3-5,7-11H,1-2,6,20H2,(H,21,24)(H,22,23);1-5H. The number of nitrogens with one attached hydrogen (secondary N) is 5. The molecular formula is C52H46F2N8O3. The van der Waals surface area contributed by atoms with Gasteiger partial charge in [-0.15, -0.1) is 0 Å². The molecule has 0 bridgehead atoms. The minimum absolute atomic E-state index is 0.0628. The Morgan fingerprint density at radius 1 is 0.585 bits per heavy atom. The summed E-state index contributed by atoms with van der Waals surface area (Å²) in [6.45, 7) is 2.21. The summed E-state index contributed by atoms with van der Waals surface area (Å²) in [7, 11) is 0. The molecule has 10 rings (SSSR count). The van der Waals surface area contributed by atoms with Crippen molar-refractivity contribution in [3.8, 4) is 22.3 Å². The van der Waals surface area contributed by atoms with Crippen LogP contribution in [0.1, 0.15) is 39.9 Å². The zero-order valence-corrected chi connectivity index (χ0v) is 35.3. The molecule has 326 valence electrons. The Balaban J connectivity index is 0.000000153. The summed E-state index contributed by atoms with van der Waals surface area (Å²) in [5, 5.41) is 24.6. The second-order valence-electron chi connectivity index (χ2n) is 15.6. The van der Waals surface area contributed by atoms with Gasteiger partial charge in [0.25, 0.3) is 11.1 Å². The lowest BCUT2D eigenvalue weighted by atomic mass is 9.93. The number of benzene rings is 6. The van der Waals surface area contributed by atoms with Gasteiger partial charge in [-0.25, -0.2) is 8.78 Å². The molecule has 0 unspecified atom stereocenters. The maximum atomic E-state index is 13.0. The van der Waals surface area contributed by atoms with E-state index in [-0.39, 0.29) is 22.8 Å². The molecule has 7 N–H and O–H groups in total. The molecule has 4 heterocycles. The maximum Gasteiger partial charge on any atom is 0.256 e. The lowest BCUT2D eigenvalue weighted by Crippen LogP contribution is -2.15. The minimum Gasteiger partial charge on any atom is -0.330 e. The van der Waals surface area contributed by atoms with Crippen LogP contribution in [-0.4, -0.2) is 49.7 Å². The van der Waals surface area contributed by atoms with E-state index in [1.165, 1.54) is 47.5 Å². The van der Waals surface area contributed by atoms with Gasteiger partial charge < -0.3 is 21.0 Å². The van der Waals surface area contributed by atoms with E-state index in [0.29, 0.717) is 30.3 Å². The first-order valence-electron chi connectivity index (χ1n) is 21.3. The van der Waals surface area contributed by atoms with E-state index in [1.54, 1.807) is 36.9 Å². The smallest absolute Gasteiger partial charge is 0.256 e. The summed E-state index contributed by atoms with van der Waals surface area (Å²) in [5.74, 6) is -0.535. The highest BCUT2D eigenvalue weighted by Crippen LogP contribution is 2.33. The van der Waals surface area contributed by atoms with Gasteiger partial charge in [0, 0.05) is 48.0 Å². The van der Waals surface area contributed by atoms with Gasteiger partial charge in [0.1, 0.15) is 17.9 Å². The molecule has 0 amide bonds. The van der Waals surface area contributed by atoms with Crippen LogP contribution in [0.15, 0.2) is 156 Å². The average molecular weight is 869 g/mol. The molecule has 0 aliphatic rings. The van der Waals surface area contributed by atoms with Crippen LogP contribution in [0.25, 0.3) is 65.3 Å². The van der Waals surface area contributed by atoms with Crippen molar-refractivity contribution in [3.63, 3.8) is 0 Å². The number of rotatable bonds is 12. The predicted molar refractivity (Wildman–Crippen MR) is 255 cm³/mol. The number of fused-ring (bicyclic) bond motifs is 6. The molecule has 0 saturated carbocycles. The number of carbonyl (C=O) groups excluding carboxylic acids is 1. The van der Waals surface area contributed by atoms with Gasteiger partial charge >= 0.3 is 0 Å². The van der Waals surface area contributed by atoms with Gasteiger partial charge in [0.15, 0.2) is 0 Å². The molecule has 0 atom stereocenters. The van der Waals surface area contributed by atoms with E-state index in [0.717, 1.165) is 97.7 Å². The van der Waals surface area contributed by atoms with Crippen LogP contribution in [0.2, 0.25) is 0 Å². The molecule has 10 aromatic rings. The summed E-state index contributed by atoms with van der Waals surface area (Å²) in [4.78, 5) is 40.7. The maximum absolute atomic E-state index is 13.0. The molecule has 0 radical (unpaired) electrons. The molecule has 6 aromatic carbocycles. The average Bonchev–Trinajstić information content (AvgIpc) is 4.08. The number of pyridine rings is 2. The van der Waals surface area contributed by atoms with Crippen molar-refractivity contribution in [2.24, 2.45) is 5.73 Å². The summed E-state index contributed by atoms with van der Waals surface area (Å²) in [6.07, 6.45) is 15.0. The number of aromatic amines is 4. The number of halogens is 2. The highest BCUT2D eigenvalue weighted by molar-refractivity contribution is 6.11. The molecule has 0 fully saturated rings. The zero-order valence-electron chi connectivity index (χ0n) is 35.3. The first kappa shape index (κ1) is 43.8. The lowest BCUT2D eigenvalue weighted by Gasteiger charge is -2.12. The van der Waals surface area contributed by atoms with Gasteiger partial charge in [-0.05, 0) is 160 Å². The fourth-order valence-electron chi connectivity index (χ4n) is 8.04. The number of hydrogen-bond donors (Lipinski definition) is 6. The first-order chi connectivity index (χ1) is 31.8. The van der Waals surface area contributed by atoms with Crippen LogP contribution < -0.4 is 22.2 Å². The zero-order chi connectivity index (χ0) is 45.1. The van der Waals surface area contributed by atoms with E-state index in [4.69, 9.17) is 5.73 Å². The molecule has 4 aromatic heterocycles. The second kappa shape index (κ2) is 20.5. The van der Waals surface area contributed by atoms with Crippen molar-refractivity contribution in [2.45, 2.75) is 32.2 Å². The molecule has 13 heteroatoms. The number of H-pyrrole nitrogens is 4. The monoisotopic (exact) mass is 868 g/mol. The number of aryl methyl sites for hydroxylation is 2. The third-order valence-corrected chi connectivity index (χ3v) is 11.3. The molecular weight excluding hydrogens is 823 g/mol. The van der Waals surface area contributed by atoms with Crippen molar-refractivity contribution in [1.82, 2.24) is 35.7 Å². The number of hydrogen-bond acceptors (Lipinski definition) is 7. The summed E-state index contributed by atoms with van der Waals surface area (Å²) in [5.41, 5.74) is 13.6. The highest BCUT2D eigenvalue weighted by atomic mass is 19.1. The SMILES string of the molecule is NCCCc1cc2cc[nH]c(=O)c2c2cc(-c3cn[nH]c3)ccc12.O=Cc1ccc(F)cc1.O=c1[nH]ccc2cc(CCCNCc3ccc(F)cc3)c3ccc(-c4cn[nH]c4)cc3c12. The summed E-state index contributed by atoms with van der Waals surface area (Å²) >= 11 is 0. The fourth-order valence-corrected chi connectivity index (χ4v) is 8.04. The highest BCUT2D eigenvalue weighted by Gasteiger charge is 2.13. The van der Waals surface area contributed by atoms with E-state index in [1.807, 2.05) is 24.5 Å². The van der Waals surface area contributed by atoms with Crippen LogP contribution in [0, 0.1) is 11.6 Å². The van der Waals surface area contributed by atoms with E-state index >= 15 is 0 Å². The molecule has 11 nitrogen and oxygen atoms in total. The molecule has 65 heavy (non-hydrogen) atoms. The van der Waals surface area contributed by atoms with Crippen molar-refractivity contribution < 1.29 is 13.6 Å². The van der Waals surface area contributed by atoms with Gasteiger partial charge in [0.2, 0.25) is 0 Å². The van der Waals surface area contributed by atoms with E-state index in [2.05, 4.69) is 84.2 Å². The third kappa shape index (κ3) is 10.3. The Labute approximate surface area is 371 Å². The van der Waals surface area contributed by atoms with Crippen molar-refractivity contribution >= 4 is 49.4 Å². The van der Waals surface area contributed by atoms with Crippen molar-refractivity contribution in [1.29, 1.82) is 0 Å². The van der Waals surface area contributed by atoms with Gasteiger partial charge in [-0.1, -0.05) is 48.5 Å². The van der Waals surface area contributed by atoms with E-state index < -0.39 is 0 Å². The summed E-state index contributed by atoms with van der Waals surface area (Å²) < 4.78 is 25.1. The lowest BCUT2D eigenvalue weighted by molar-refractivity contribution is 0.112. The Bertz CT molecular complexity index is 3310. The van der Waals surface area contributed by atoms with Crippen LogP contribution in [-0.2, 0) is 19.4 Å². The van der Waals surface area contributed by atoms with Crippen LogP contribution in [0.4, 0.5) is 8.78 Å². The Kier molecular flexibility index (Phi) is 13.8. The van der Waals surface area contributed by atoms with Crippen molar-refractivity contribution in [3.05, 3.63) is 201 Å². The minimum atomic E-state index is -0.319. The molecule has 0 aliphatic carbocycles. The Hall–Kier alpha value is -7.87. The number of nitrogens with two attached hydrogens (primary N) is 1.